The molecule has 6 heteroatoms. The van der Waals surface area contributed by atoms with Gasteiger partial charge in [0.05, 0.1) is 9.86 Å². The van der Waals surface area contributed by atoms with Crippen molar-refractivity contribution in [1.29, 1.82) is 0 Å². The van der Waals surface area contributed by atoms with Crippen molar-refractivity contribution in [2.24, 2.45) is 0 Å². The molecule has 0 spiro atoms. The van der Waals surface area contributed by atoms with E-state index in [1.54, 1.807) is 11.3 Å². The summed E-state index contributed by atoms with van der Waals surface area (Å²) in [4.78, 5) is 10.4. The minimum Gasteiger partial charge on any atom is -0.437 e. The van der Waals surface area contributed by atoms with Gasteiger partial charge in [0.2, 0.25) is 11.8 Å². The Bertz CT molecular complexity index is 800. The van der Waals surface area contributed by atoms with Gasteiger partial charge >= 0.3 is 0 Å². The van der Waals surface area contributed by atoms with Crippen molar-refractivity contribution < 1.29 is 4.74 Å². The molecule has 0 bridgehead atoms. The summed E-state index contributed by atoms with van der Waals surface area (Å²) in [6.45, 7) is 4.05. The van der Waals surface area contributed by atoms with Crippen LogP contribution in [0.3, 0.4) is 0 Å². The lowest BCUT2D eigenvalue weighted by Crippen LogP contribution is -1.97. The first kappa shape index (κ1) is 13.3. The zero-order valence-electron chi connectivity index (χ0n) is 11.0. The number of aryl methyl sites for hydroxylation is 2. The highest BCUT2D eigenvalue weighted by molar-refractivity contribution is 9.10. The molecule has 2 aromatic heterocycles. The van der Waals surface area contributed by atoms with Crippen molar-refractivity contribution in [3.8, 4) is 11.6 Å². The summed E-state index contributed by atoms with van der Waals surface area (Å²) in [5.74, 6) is 1.41. The van der Waals surface area contributed by atoms with Crippen molar-refractivity contribution in [1.82, 2.24) is 9.97 Å². The number of nitrogens with zero attached hydrogens (tertiary/aromatic N) is 2. The van der Waals surface area contributed by atoms with Crippen LogP contribution in [0.15, 0.2) is 28.7 Å². The Morgan fingerprint density at radius 1 is 1.20 bits per heavy atom. The number of hydrogen-bond donors (Lipinski definition) is 1. The minimum atomic E-state index is 0.220. The Balaban J connectivity index is 2.10. The van der Waals surface area contributed by atoms with E-state index >= 15 is 0 Å². The highest BCUT2D eigenvalue weighted by Crippen LogP contribution is 2.35. The number of benzene rings is 1. The maximum atomic E-state index is 5.90. The van der Waals surface area contributed by atoms with Crippen molar-refractivity contribution in [2.45, 2.75) is 13.8 Å². The Morgan fingerprint density at radius 3 is 2.75 bits per heavy atom. The quantitative estimate of drug-likeness (QED) is 0.742. The van der Waals surface area contributed by atoms with Crippen LogP contribution in [0, 0.1) is 13.8 Å². The summed E-state index contributed by atoms with van der Waals surface area (Å²) in [5, 5.41) is 0.883. The van der Waals surface area contributed by atoms with Crippen LogP contribution in [0.25, 0.3) is 10.2 Å². The fraction of sp³-hybridized carbons (Fsp3) is 0.143. The molecule has 0 amide bonds. The van der Waals surface area contributed by atoms with E-state index in [9.17, 15) is 0 Å². The van der Waals surface area contributed by atoms with Crippen LogP contribution in [-0.2, 0) is 0 Å². The normalized spacial score (nSPS) is 10.9. The third kappa shape index (κ3) is 2.48. The van der Waals surface area contributed by atoms with Crippen LogP contribution >= 0.6 is 27.3 Å². The number of hydrogen-bond acceptors (Lipinski definition) is 5. The molecule has 2 heterocycles. The second-order valence-corrected chi connectivity index (χ2v) is 6.59. The van der Waals surface area contributed by atoms with Gasteiger partial charge in [-0.3, -0.25) is 0 Å². The van der Waals surface area contributed by atoms with Crippen LogP contribution in [-0.4, -0.2) is 9.97 Å². The highest BCUT2D eigenvalue weighted by Gasteiger charge is 2.12. The predicted molar refractivity (Wildman–Crippen MR) is 85.5 cm³/mol. The molecule has 0 fully saturated rings. The number of nitrogen functional groups attached to an aromatic ring is 1. The molecule has 102 valence electrons. The molecule has 0 aliphatic heterocycles. The molecular formula is C14H12BrN3OS. The predicted octanol–water partition coefficient (Wildman–Crippen LogP) is 4.45. The average molecular weight is 350 g/mol. The molecular weight excluding hydrogens is 338 g/mol. The Hall–Kier alpha value is -1.66. The zero-order chi connectivity index (χ0) is 14.3. The first-order valence-corrected chi connectivity index (χ1v) is 7.61. The van der Waals surface area contributed by atoms with E-state index in [0.29, 0.717) is 11.6 Å². The SMILES string of the molecule is Cc1ccc(Oc2nc(N)nc3sc(C)cc23)c(Br)c1. The Kier molecular flexibility index (Phi) is 3.35. The van der Waals surface area contributed by atoms with Crippen LogP contribution in [0.2, 0.25) is 0 Å². The van der Waals surface area contributed by atoms with Crippen LogP contribution < -0.4 is 10.5 Å². The number of nitrogens with two attached hydrogens (primary N) is 1. The van der Waals surface area contributed by atoms with Gasteiger partial charge in [-0.25, -0.2) is 4.98 Å². The molecule has 1 aromatic carbocycles. The van der Waals surface area contributed by atoms with Gasteiger partial charge in [0.15, 0.2) is 0 Å². The molecule has 0 saturated heterocycles. The monoisotopic (exact) mass is 349 g/mol. The van der Waals surface area contributed by atoms with Gasteiger partial charge in [-0.05, 0) is 53.5 Å². The molecule has 20 heavy (non-hydrogen) atoms. The highest BCUT2D eigenvalue weighted by atomic mass is 79.9. The first-order chi connectivity index (χ1) is 9.52. The fourth-order valence-corrected chi connectivity index (χ4v) is 3.35. The Morgan fingerprint density at radius 2 is 2.00 bits per heavy atom. The molecule has 0 aliphatic rings. The van der Waals surface area contributed by atoms with Gasteiger partial charge in [-0.1, -0.05) is 6.07 Å². The summed E-state index contributed by atoms with van der Waals surface area (Å²) in [6.07, 6.45) is 0. The van der Waals surface area contributed by atoms with E-state index in [-0.39, 0.29) is 5.95 Å². The van der Waals surface area contributed by atoms with Crippen molar-refractivity contribution in [3.05, 3.63) is 39.2 Å². The number of anilines is 1. The molecule has 0 aliphatic carbocycles. The maximum Gasteiger partial charge on any atom is 0.232 e. The van der Waals surface area contributed by atoms with E-state index in [1.807, 2.05) is 38.1 Å². The van der Waals surface area contributed by atoms with E-state index < -0.39 is 0 Å². The first-order valence-electron chi connectivity index (χ1n) is 6.00. The van der Waals surface area contributed by atoms with E-state index in [2.05, 4.69) is 25.9 Å². The number of aromatic nitrogens is 2. The third-order valence-electron chi connectivity index (χ3n) is 2.79. The maximum absolute atomic E-state index is 5.90. The van der Waals surface area contributed by atoms with E-state index in [4.69, 9.17) is 10.5 Å². The standard InChI is InChI=1S/C14H12BrN3OS/c1-7-3-4-11(10(15)5-7)19-12-9-6-8(2)20-13(9)18-14(16)17-12/h3-6H,1-2H3,(H2,16,17,18). The molecule has 4 nitrogen and oxygen atoms in total. The minimum absolute atomic E-state index is 0.220. The zero-order valence-corrected chi connectivity index (χ0v) is 13.4. The van der Waals surface area contributed by atoms with Gasteiger partial charge in [-0.2, -0.15) is 4.98 Å². The number of halogens is 1. The lowest BCUT2D eigenvalue weighted by Gasteiger charge is -2.08. The molecule has 0 unspecified atom stereocenters. The van der Waals surface area contributed by atoms with Crippen molar-refractivity contribution in [2.75, 3.05) is 5.73 Å². The van der Waals surface area contributed by atoms with Gasteiger partial charge in [0.25, 0.3) is 0 Å². The van der Waals surface area contributed by atoms with Crippen molar-refractivity contribution >= 4 is 43.4 Å². The Labute approximate surface area is 128 Å². The summed E-state index contributed by atoms with van der Waals surface area (Å²) in [6, 6.07) is 7.90. The number of thiophene rings is 1. The average Bonchev–Trinajstić information content (AvgIpc) is 2.73. The second kappa shape index (κ2) is 5.03. The van der Waals surface area contributed by atoms with Crippen molar-refractivity contribution in [3.63, 3.8) is 0 Å². The number of fused-ring (bicyclic) bond motifs is 1. The topological polar surface area (TPSA) is 61.0 Å². The van der Waals surface area contributed by atoms with Crippen LogP contribution in [0.4, 0.5) is 5.95 Å². The van der Waals surface area contributed by atoms with Crippen LogP contribution in [0.5, 0.6) is 11.6 Å². The van der Waals surface area contributed by atoms with E-state index in [0.717, 1.165) is 25.1 Å². The van der Waals surface area contributed by atoms with E-state index in [1.165, 1.54) is 0 Å². The lowest BCUT2D eigenvalue weighted by atomic mass is 10.2. The summed E-state index contributed by atoms with van der Waals surface area (Å²) in [7, 11) is 0. The smallest absolute Gasteiger partial charge is 0.232 e. The lowest BCUT2D eigenvalue weighted by molar-refractivity contribution is 0.466. The summed E-state index contributed by atoms with van der Waals surface area (Å²) < 4.78 is 6.78. The summed E-state index contributed by atoms with van der Waals surface area (Å²) in [5.41, 5.74) is 6.90. The molecule has 3 rings (SSSR count). The third-order valence-corrected chi connectivity index (χ3v) is 4.36. The van der Waals surface area contributed by atoms with Gasteiger partial charge < -0.3 is 10.5 Å². The van der Waals surface area contributed by atoms with Gasteiger partial charge in [0.1, 0.15) is 10.6 Å². The molecule has 2 N–H and O–H groups in total. The van der Waals surface area contributed by atoms with Gasteiger partial charge in [0, 0.05) is 4.88 Å². The van der Waals surface area contributed by atoms with Crippen LogP contribution in [0.1, 0.15) is 10.4 Å². The van der Waals surface area contributed by atoms with Gasteiger partial charge in [-0.15, -0.1) is 11.3 Å². The fourth-order valence-electron chi connectivity index (χ4n) is 1.90. The molecule has 0 radical (unpaired) electrons. The molecule has 3 aromatic rings. The number of ether oxygens (including phenoxy) is 1. The molecule has 0 atom stereocenters. The summed E-state index contributed by atoms with van der Waals surface area (Å²) >= 11 is 5.07. The number of rotatable bonds is 2. The second-order valence-electron chi connectivity index (χ2n) is 4.50. The largest absolute Gasteiger partial charge is 0.437 e. The molecule has 0 saturated carbocycles.